The fourth-order valence-corrected chi connectivity index (χ4v) is 4.12. The zero-order valence-corrected chi connectivity index (χ0v) is 18.2. The Morgan fingerprint density at radius 2 is 1.75 bits per heavy atom. The lowest BCUT2D eigenvalue weighted by molar-refractivity contribution is 0.148. The lowest BCUT2D eigenvalue weighted by Crippen LogP contribution is -2.43. The van der Waals surface area contributed by atoms with Gasteiger partial charge in [-0.15, -0.1) is 11.3 Å². The number of hydrogen-bond acceptors (Lipinski definition) is 4. The summed E-state index contributed by atoms with van der Waals surface area (Å²) in [7, 11) is 2.20. The average Bonchev–Trinajstić information content (AvgIpc) is 3.12. The van der Waals surface area contributed by atoms with E-state index in [9.17, 15) is 0 Å². The SMILES string of the molecule is CCNC(=NCc1ccc(CN2CCN(C)CC2)cc1)NCc1sccc1C. The summed E-state index contributed by atoms with van der Waals surface area (Å²) in [6.45, 7) is 12.3. The monoisotopic (exact) mass is 399 g/mol. The molecule has 0 atom stereocenters. The van der Waals surface area contributed by atoms with Crippen LogP contribution in [0.15, 0.2) is 40.7 Å². The van der Waals surface area contributed by atoms with E-state index in [2.05, 4.69) is 77.0 Å². The summed E-state index contributed by atoms with van der Waals surface area (Å²) in [6.07, 6.45) is 0. The number of aliphatic imine (C=N–C) groups is 1. The van der Waals surface area contributed by atoms with Gasteiger partial charge in [-0.2, -0.15) is 0 Å². The molecule has 1 aromatic carbocycles. The molecule has 28 heavy (non-hydrogen) atoms. The van der Waals surface area contributed by atoms with Crippen LogP contribution in [-0.4, -0.2) is 55.5 Å². The molecule has 0 bridgehead atoms. The maximum absolute atomic E-state index is 4.75. The summed E-state index contributed by atoms with van der Waals surface area (Å²) in [6, 6.07) is 11.1. The number of guanidine groups is 1. The van der Waals surface area contributed by atoms with Crippen LogP contribution in [0.2, 0.25) is 0 Å². The number of nitrogens with zero attached hydrogens (tertiary/aromatic N) is 3. The number of aryl methyl sites for hydroxylation is 1. The first-order chi connectivity index (χ1) is 13.6. The van der Waals surface area contributed by atoms with E-state index < -0.39 is 0 Å². The highest BCUT2D eigenvalue weighted by Gasteiger charge is 2.13. The van der Waals surface area contributed by atoms with Gasteiger partial charge >= 0.3 is 0 Å². The number of piperazine rings is 1. The van der Waals surface area contributed by atoms with Crippen LogP contribution in [0.4, 0.5) is 0 Å². The number of rotatable bonds is 7. The van der Waals surface area contributed by atoms with Crippen molar-refractivity contribution in [2.45, 2.75) is 33.5 Å². The summed E-state index contributed by atoms with van der Waals surface area (Å²) in [4.78, 5) is 11.0. The van der Waals surface area contributed by atoms with Crippen molar-refractivity contribution in [2.75, 3.05) is 39.8 Å². The topological polar surface area (TPSA) is 42.9 Å². The molecule has 0 amide bonds. The number of benzene rings is 1. The van der Waals surface area contributed by atoms with E-state index in [0.29, 0.717) is 6.54 Å². The van der Waals surface area contributed by atoms with Crippen molar-refractivity contribution in [2.24, 2.45) is 4.99 Å². The van der Waals surface area contributed by atoms with Gasteiger partial charge in [0.15, 0.2) is 5.96 Å². The van der Waals surface area contributed by atoms with E-state index >= 15 is 0 Å². The van der Waals surface area contributed by atoms with Crippen LogP contribution in [-0.2, 0) is 19.6 Å². The molecule has 3 rings (SSSR count). The average molecular weight is 400 g/mol. The highest BCUT2D eigenvalue weighted by molar-refractivity contribution is 7.10. The third kappa shape index (κ3) is 6.33. The third-order valence-electron chi connectivity index (χ3n) is 5.17. The fourth-order valence-electron chi connectivity index (χ4n) is 3.28. The molecule has 0 unspecified atom stereocenters. The Kier molecular flexibility index (Phi) is 7.89. The van der Waals surface area contributed by atoms with Crippen LogP contribution < -0.4 is 10.6 Å². The quantitative estimate of drug-likeness (QED) is 0.555. The van der Waals surface area contributed by atoms with Gasteiger partial charge < -0.3 is 15.5 Å². The molecule has 5 nitrogen and oxygen atoms in total. The second-order valence-corrected chi connectivity index (χ2v) is 8.47. The molecule has 1 aliphatic heterocycles. The molecule has 6 heteroatoms. The minimum absolute atomic E-state index is 0.688. The molecule has 2 heterocycles. The predicted octanol–water partition coefficient (Wildman–Crippen LogP) is 3.06. The van der Waals surface area contributed by atoms with Gasteiger partial charge in [0.05, 0.1) is 13.1 Å². The molecule has 0 saturated carbocycles. The van der Waals surface area contributed by atoms with Gasteiger partial charge in [0.1, 0.15) is 0 Å². The lowest BCUT2D eigenvalue weighted by atomic mass is 10.1. The molecule has 1 fully saturated rings. The molecule has 1 saturated heterocycles. The lowest BCUT2D eigenvalue weighted by Gasteiger charge is -2.32. The third-order valence-corrected chi connectivity index (χ3v) is 6.20. The van der Waals surface area contributed by atoms with Gasteiger partial charge in [0.2, 0.25) is 0 Å². The Bertz CT molecular complexity index is 745. The Balaban J connectivity index is 1.51. The molecule has 0 radical (unpaired) electrons. The molecule has 0 spiro atoms. The van der Waals surface area contributed by atoms with Gasteiger partial charge in [-0.1, -0.05) is 24.3 Å². The van der Waals surface area contributed by atoms with E-state index in [-0.39, 0.29) is 0 Å². The molecule has 152 valence electrons. The van der Waals surface area contributed by atoms with Crippen LogP contribution in [0.25, 0.3) is 0 Å². The molecule has 1 aromatic heterocycles. The first-order valence-electron chi connectivity index (χ1n) is 10.2. The Morgan fingerprint density at radius 1 is 1.04 bits per heavy atom. The van der Waals surface area contributed by atoms with Gasteiger partial charge in [-0.05, 0) is 49.0 Å². The Morgan fingerprint density at radius 3 is 2.39 bits per heavy atom. The Labute approximate surface area is 173 Å². The van der Waals surface area contributed by atoms with Crippen LogP contribution in [0, 0.1) is 6.92 Å². The maximum Gasteiger partial charge on any atom is 0.191 e. The minimum Gasteiger partial charge on any atom is -0.357 e. The van der Waals surface area contributed by atoms with Gasteiger partial charge in [-0.3, -0.25) is 4.90 Å². The van der Waals surface area contributed by atoms with Crippen molar-refractivity contribution in [1.29, 1.82) is 0 Å². The summed E-state index contributed by atoms with van der Waals surface area (Å²) < 4.78 is 0. The summed E-state index contributed by atoms with van der Waals surface area (Å²) >= 11 is 1.79. The van der Waals surface area contributed by atoms with E-state index in [1.165, 1.54) is 21.6 Å². The first kappa shape index (κ1) is 20.8. The second kappa shape index (κ2) is 10.6. The van der Waals surface area contributed by atoms with Gasteiger partial charge in [0, 0.05) is 44.1 Å². The van der Waals surface area contributed by atoms with Gasteiger partial charge in [-0.25, -0.2) is 4.99 Å². The molecular formula is C22H33N5S. The maximum atomic E-state index is 4.75. The van der Waals surface area contributed by atoms with Crippen molar-refractivity contribution < 1.29 is 0 Å². The number of thiophene rings is 1. The van der Waals surface area contributed by atoms with Crippen molar-refractivity contribution in [3.63, 3.8) is 0 Å². The van der Waals surface area contributed by atoms with Crippen molar-refractivity contribution in [3.05, 3.63) is 57.3 Å². The van der Waals surface area contributed by atoms with Crippen LogP contribution >= 0.6 is 11.3 Å². The number of likely N-dealkylation sites (N-methyl/N-ethyl adjacent to an activating group) is 1. The van der Waals surface area contributed by atoms with Crippen LogP contribution in [0.1, 0.15) is 28.5 Å². The van der Waals surface area contributed by atoms with E-state index in [1.54, 1.807) is 11.3 Å². The molecule has 0 aliphatic carbocycles. The number of nitrogens with one attached hydrogen (secondary N) is 2. The molecule has 2 N–H and O–H groups in total. The first-order valence-corrected chi connectivity index (χ1v) is 11.1. The smallest absolute Gasteiger partial charge is 0.191 e. The zero-order valence-electron chi connectivity index (χ0n) is 17.4. The highest BCUT2D eigenvalue weighted by Crippen LogP contribution is 2.15. The summed E-state index contributed by atoms with van der Waals surface area (Å²) in [5.41, 5.74) is 3.96. The Hall–Kier alpha value is -1.89. The highest BCUT2D eigenvalue weighted by atomic mass is 32.1. The minimum atomic E-state index is 0.688. The van der Waals surface area contributed by atoms with E-state index in [1.807, 2.05) is 0 Å². The zero-order chi connectivity index (χ0) is 19.8. The van der Waals surface area contributed by atoms with Crippen molar-refractivity contribution in [3.8, 4) is 0 Å². The number of hydrogen-bond donors (Lipinski definition) is 2. The van der Waals surface area contributed by atoms with Crippen LogP contribution in [0.3, 0.4) is 0 Å². The van der Waals surface area contributed by atoms with Gasteiger partial charge in [0.25, 0.3) is 0 Å². The van der Waals surface area contributed by atoms with E-state index in [4.69, 9.17) is 4.99 Å². The van der Waals surface area contributed by atoms with Crippen molar-refractivity contribution >= 4 is 17.3 Å². The van der Waals surface area contributed by atoms with E-state index in [0.717, 1.165) is 51.8 Å². The summed E-state index contributed by atoms with van der Waals surface area (Å²) in [5.74, 6) is 0.872. The van der Waals surface area contributed by atoms with Crippen LogP contribution in [0.5, 0.6) is 0 Å². The second-order valence-electron chi connectivity index (χ2n) is 7.47. The standard InChI is InChI=1S/C22H33N5S/c1-4-23-22(25-16-21-18(2)9-14-28-21)24-15-19-5-7-20(8-6-19)17-27-12-10-26(3)11-13-27/h5-9,14H,4,10-13,15-17H2,1-3H3,(H2,23,24,25). The molecular weight excluding hydrogens is 366 g/mol. The molecule has 1 aliphatic rings. The predicted molar refractivity (Wildman–Crippen MR) is 120 cm³/mol. The van der Waals surface area contributed by atoms with Crippen molar-refractivity contribution in [1.82, 2.24) is 20.4 Å². The molecule has 2 aromatic rings. The normalized spacial score (nSPS) is 16.3. The largest absolute Gasteiger partial charge is 0.357 e. The summed E-state index contributed by atoms with van der Waals surface area (Å²) in [5, 5.41) is 8.92. The fraction of sp³-hybridized carbons (Fsp3) is 0.500.